The molecular formula is C12H15NS. The summed E-state index contributed by atoms with van der Waals surface area (Å²) in [6, 6.07) is 9.39. The highest BCUT2D eigenvalue weighted by atomic mass is 32.2. The van der Waals surface area contributed by atoms with Crippen LogP contribution < -0.4 is 5.32 Å². The molecule has 74 valence electrons. The zero-order valence-corrected chi connectivity index (χ0v) is 9.02. The average Bonchev–Trinajstić information content (AvgIpc) is 2.96. The maximum atomic E-state index is 3.68. The van der Waals surface area contributed by atoms with Crippen LogP contribution in [0.2, 0.25) is 0 Å². The molecule has 1 unspecified atom stereocenters. The monoisotopic (exact) mass is 205 g/mol. The Bertz CT molecular complexity index is 333. The van der Waals surface area contributed by atoms with Gasteiger partial charge in [0.15, 0.2) is 0 Å². The van der Waals surface area contributed by atoms with Crippen molar-refractivity contribution >= 4 is 11.8 Å². The zero-order chi connectivity index (χ0) is 9.38. The van der Waals surface area contributed by atoms with Crippen LogP contribution in [-0.2, 0) is 0 Å². The molecule has 2 heteroatoms. The Morgan fingerprint density at radius 2 is 2.14 bits per heavy atom. The van der Waals surface area contributed by atoms with Gasteiger partial charge < -0.3 is 5.32 Å². The van der Waals surface area contributed by atoms with Gasteiger partial charge in [-0.2, -0.15) is 0 Å². The molecule has 0 bridgehead atoms. The summed E-state index contributed by atoms with van der Waals surface area (Å²) in [7, 11) is 0. The van der Waals surface area contributed by atoms with Gasteiger partial charge in [0.25, 0.3) is 0 Å². The maximum Gasteiger partial charge on any atom is 0.0426 e. The topological polar surface area (TPSA) is 12.0 Å². The Balaban J connectivity index is 1.70. The second kappa shape index (κ2) is 3.59. The molecule has 1 atom stereocenters. The van der Waals surface area contributed by atoms with Gasteiger partial charge in [-0.05, 0) is 36.9 Å². The molecule has 3 rings (SSSR count). The molecule has 0 saturated heterocycles. The van der Waals surface area contributed by atoms with E-state index in [1.165, 1.54) is 35.6 Å². The number of benzene rings is 1. The van der Waals surface area contributed by atoms with Crippen LogP contribution in [0.15, 0.2) is 29.2 Å². The number of hydrogen-bond donors (Lipinski definition) is 1. The second-order valence-corrected chi connectivity index (χ2v) is 5.31. The highest BCUT2D eigenvalue weighted by molar-refractivity contribution is 7.99. The van der Waals surface area contributed by atoms with Gasteiger partial charge in [0.2, 0.25) is 0 Å². The summed E-state index contributed by atoms with van der Waals surface area (Å²) >= 11 is 1.99. The number of hydrogen-bond acceptors (Lipinski definition) is 2. The summed E-state index contributed by atoms with van der Waals surface area (Å²) in [6.07, 6.45) is 2.88. The minimum Gasteiger partial charge on any atom is -0.309 e. The molecule has 14 heavy (non-hydrogen) atoms. The number of rotatable bonds is 3. The fourth-order valence-corrected chi connectivity index (χ4v) is 3.16. The number of thioether (sulfide) groups is 1. The lowest BCUT2D eigenvalue weighted by atomic mass is 10.1. The van der Waals surface area contributed by atoms with Gasteiger partial charge in [-0.25, -0.2) is 0 Å². The van der Waals surface area contributed by atoms with Crippen molar-refractivity contribution in [2.75, 3.05) is 12.3 Å². The number of nitrogens with one attached hydrogen (secondary N) is 1. The van der Waals surface area contributed by atoms with Crippen LogP contribution >= 0.6 is 11.8 Å². The summed E-state index contributed by atoms with van der Waals surface area (Å²) in [5, 5.41) is 3.68. The van der Waals surface area contributed by atoms with Gasteiger partial charge in [0.05, 0.1) is 0 Å². The lowest BCUT2D eigenvalue weighted by Crippen LogP contribution is -2.23. The first-order chi connectivity index (χ1) is 6.93. The number of fused-ring (bicyclic) bond motifs is 1. The van der Waals surface area contributed by atoms with E-state index in [1.54, 1.807) is 0 Å². The first-order valence-electron chi connectivity index (χ1n) is 5.38. The van der Waals surface area contributed by atoms with Crippen molar-refractivity contribution in [1.29, 1.82) is 0 Å². The van der Waals surface area contributed by atoms with Gasteiger partial charge in [0, 0.05) is 16.7 Å². The van der Waals surface area contributed by atoms with Gasteiger partial charge >= 0.3 is 0 Å². The molecule has 1 aromatic rings. The maximum absolute atomic E-state index is 3.68. The van der Waals surface area contributed by atoms with Crippen LogP contribution in [0.1, 0.15) is 24.4 Å². The molecule has 1 aliphatic carbocycles. The van der Waals surface area contributed by atoms with E-state index in [9.17, 15) is 0 Å². The normalized spacial score (nSPS) is 25.0. The molecule has 1 saturated carbocycles. The minimum absolute atomic E-state index is 0.608. The van der Waals surface area contributed by atoms with Crippen molar-refractivity contribution in [2.45, 2.75) is 23.8 Å². The van der Waals surface area contributed by atoms with Crippen molar-refractivity contribution in [1.82, 2.24) is 5.32 Å². The summed E-state index contributed by atoms with van der Waals surface area (Å²) in [5.74, 6) is 2.19. The van der Waals surface area contributed by atoms with E-state index in [4.69, 9.17) is 0 Å². The molecule has 0 spiro atoms. The molecule has 0 aromatic heterocycles. The van der Waals surface area contributed by atoms with Crippen molar-refractivity contribution in [3.05, 3.63) is 29.8 Å². The third kappa shape index (κ3) is 1.69. The van der Waals surface area contributed by atoms with Gasteiger partial charge in [-0.15, -0.1) is 11.8 Å². The SMILES string of the molecule is c1ccc2c(c1)SCC2NCC1CC1. The highest BCUT2D eigenvalue weighted by Crippen LogP contribution is 2.38. The van der Waals surface area contributed by atoms with E-state index >= 15 is 0 Å². The smallest absolute Gasteiger partial charge is 0.0426 e. The van der Waals surface area contributed by atoms with Crippen LogP contribution in [0.25, 0.3) is 0 Å². The molecule has 0 radical (unpaired) electrons. The predicted octanol–water partition coefficient (Wildman–Crippen LogP) is 2.83. The molecule has 1 aliphatic heterocycles. The van der Waals surface area contributed by atoms with Gasteiger partial charge in [-0.1, -0.05) is 18.2 Å². The summed E-state index contributed by atoms with van der Waals surface area (Å²) in [5.41, 5.74) is 1.51. The Hall–Kier alpha value is -0.470. The van der Waals surface area contributed by atoms with Crippen LogP contribution in [0, 0.1) is 5.92 Å². The Morgan fingerprint density at radius 3 is 3.00 bits per heavy atom. The first kappa shape index (κ1) is 8.81. The average molecular weight is 205 g/mol. The largest absolute Gasteiger partial charge is 0.309 e. The molecular weight excluding hydrogens is 190 g/mol. The van der Waals surface area contributed by atoms with Gasteiger partial charge in [0.1, 0.15) is 0 Å². The Labute approximate surface area is 89.3 Å². The van der Waals surface area contributed by atoms with Crippen molar-refractivity contribution in [2.24, 2.45) is 5.92 Å². The Morgan fingerprint density at radius 1 is 1.29 bits per heavy atom. The third-order valence-electron chi connectivity index (χ3n) is 3.05. The van der Waals surface area contributed by atoms with Crippen molar-refractivity contribution in [3.8, 4) is 0 Å². The molecule has 1 N–H and O–H groups in total. The van der Waals surface area contributed by atoms with Crippen LogP contribution in [0.4, 0.5) is 0 Å². The van der Waals surface area contributed by atoms with E-state index in [-0.39, 0.29) is 0 Å². The lowest BCUT2D eigenvalue weighted by Gasteiger charge is -2.12. The summed E-state index contributed by atoms with van der Waals surface area (Å²) < 4.78 is 0. The van der Waals surface area contributed by atoms with Crippen molar-refractivity contribution in [3.63, 3.8) is 0 Å². The fraction of sp³-hybridized carbons (Fsp3) is 0.500. The van der Waals surface area contributed by atoms with E-state index in [2.05, 4.69) is 29.6 Å². The quantitative estimate of drug-likeness (QED) is 0.814. The van der Waals surface area contributed by atoms with E-state index < -0.39 is 0 Å². The second-order valence-electron chi connectivity index (χ2n) is 4.25. The lowest BCUT2D eigenvalue weighted by molar-refractivity contribution is 0.556. The molecule has 1 heterocycles. The zero-order valence-electron chi connectivity index (χ0n) is 8.20. The van der Waals surface area contributed by atoms with Crippen LogP contribution in [0.5, 0.6) is 0 Å². The van der Waals surface area contributed by atoms with E-state index in [0.717, 1.165) is 5.92 Å². The highest BCUT2D eigenvalue weighted by Gasteiger charge is 2.26. The van der Waals surface area contributed by atoms with Crippen LogP contribution in [-0.4, -0.2) is 12.3 Å². The summed E-state index contributed by atoms with van der Waals surface area (Å²) in [6.45, 7) is 1.22. The van der Waals surface area contributed by atoms with Crippen molar-refractivity contribution < 1.29 is 0 Å². The van der Waals surface area contributed by atoms with Gasteiger partial charge in [-0.3, -0.25) is 0 Å². The molecule has 2 aliphatic rings. The minimum atomic E-state index is 0.608. The third-order valence-corrected chi connectivity index (χ3v) is 4.23. The molecule has 1 aromatic carbocycles. The first-order valence-corrected chi connectivity index (χ1v) is 6.37. The molecule has 0 amide bonds. The summed E-state index contributed by atoms with van der Waals surface area (Å²) in [4.78, 5) is 1.47. The van der Waals surface area contributed by atoms with E-state index in [0.29, 0.717) is 6.04 Å². The predicted molar refractivity (Wildman–Crippen MR) is 60.6 cm³/mol. The van der Waals surface area contributed by atoms with E-state index in [1.807, 2.05) is 11.8 Å². The molecule has 1 nitrogen and oxygen atoms in total. The Kier molecular flexibility index (Phi) is 2.26. The molecule has 1 fully saturated rings. The fourth-order valence-electron chi connectivity index (χ4n) is 1.96. The van der Waals surface area contributed by atoms with Crippen LogP contribution in [0.3, 0.4) is 0 Å². The standard InChI is InChI=1S/C12H15NS/c1-2-4-12-10(3-1)11(8-14-12)13-7-9-5-6-9/h1-4,9,11,13H,5-8H2.